The van der Waals surface area contributed by atoms with E-state index in [2.05, 4.69) is 4.90 Å². The molecule has 2 unspecified atom stereocenters. The van der Waals surface area contributed by atoms with E-state index in [1.54, 1.807) is 6.92 Å². The fraction of sp³-hybridized carbons (Fsp3) is 0.600. The van der Waals surface area contributed by atoms with Crippen LogP contribution in [0.25, 0.3) is 0 Å². The van der Waals surface area contributed by atoms with Crippen LogP contribution in [0.2, 0.25) is 0 Å². The Balaban J connectivity index is 2.62. The number of nitrogens with zero attached hydrogens (tertiary/aromatic N) is 1. The van der Waals surface area contributed by atoms with E-state index in [9.17, 15) is 0 Å². The molecule has 1 aromatic carbocycles. The summed E-state index contributed by atoms with van der Waals surface area (Å²) in [6.07, 6.45) is -1.58. The molecular formula is C15H23N. The van der Waals surface area contributed by atoms with Crippen LogP contribution in [0.1, 0.15) is 43.7 Å². The Morgan fingerprint density at radius 3 is 2.50 bits per heavy atom. The fourth-order valence-corrected chi connectivity index (χ4v) is 2.67. The number of hydrogen-bond donors (Lipinski definition) is 0. The number of hydrogen-bond acceptors (Lipinski definition) is 1. The van der Waals surface area contributed by atoms with E-state index in [0.717, 1.165) is 11.3 Å². The third-order valence-electron chi connectivity index (χ3n) is 3.49. The lowest BCUT2D eigenvalue weighted by Gasteiger charge is -2.38. The van der Waals surface area contributed by atoms with Crippen LogP contribution < -0.4 is 4.90 Å². The van der Waals surface area contributed by atoms with Crippen molar-refractivity contribution in [1.82, 2.24) is 0 Å². The van der Waals surface area contributed by atoms with E-state index in [1.165, 1.54) is 0 Å². The average Bonchev–Trinajstić information content (AvgIpc) is 2.38. The van der Waals surface area contributed by atoms with Gasteiger partial charge in [0.15, 0.2) is 0 Å². The summed E-state index contributed by atoms with van der Waals surface area (Å²) < 4.78 is 25.3. The molecule has 88 valence electrons. The van der Waals surface area contributed by atoms with Crippen molar-refractivity contribution in [2.75, 3.05) is 4.90 Å². The van der Waals surface area contributed by atoms with Crippen molar-refractivity contribution >= 4 is 5.69 Å². The fourth-order valence-electron chi connectivity index (χ4n) is 2.67. The van der Waals surface area contributed by atoms with Crippen molar-refractivity contribution in [3.05, 3.63) is 29.8 Å². The Labute approximate surface area is 104 Å². The Bertz CT molecular complexity index is 494. The van der Waals surface area contributed by atoms with Gasteiger partial charge in [-0.1, -0.05) is 25.1 Å². The third-order valence-corrected chi connectivity index (χ3v) is 3.49. The van der Waals surface area contributed by atoms with Gasteiger partial charge in [-0.3, -0.25) is 0 Å². The maximum absolute atomic E-state index is 8.48. The van der Waals surface area contributed by atoms with E-state index >= 15 is 0 Å². The second-order valence-corrected chi connectivity index (χ2v) is 5.20. The van der Waals surface area contributed by atoms with E-state index in [0.29, 0.717) is 0 Å². The molecule has 16 heavy (non-hydrogen) atoms. The SMILES string of the molecule is [2H]C1(C)C(C)N(c2ccccc2C)C(C)(C)C1([2H])[2H]. The molecule has 1 fully saturated rings. The Hall–Kier alpha value is -0.980. The van der Waals surface area contributed by atoms with Crippen LogP contribution in [0, 0.1) is 12.8 Å². The standard InChI is InChI=1S/C15H23N/c1-11-8-6-7-9-14(11)16-13(3)12(2)10-15(16,4)5/h6-9,12-13H,10H2,1-5H3/i10D2,12D. The van der Waals surface area contributed by atoms with Crippen LogP contribution in [0.15, 0.2) is 24.3 Å². The first kappa shape index (κ1) is 8.16. The highest BCUT2D eigenvalue weighted by Crippen LogP contribution is 2.41. The van der Waals surface area contributed by atoms with E-state index in [4.69, 9.17) is 4.11 Å². The minimum atomic E-state index is -1.58. The summed E-state index contributed by atoms with van der Waals surface area (Å²) in [5.41, 5.74) is 1.44. The Morgan fingerprint density at radius 1 is 1.38 bits per heavy atom. The summed E-state index contributed by atoms with van der Waals surface area (Å²) in [6, 6.07) is 7.83. The molecule has 1 saturated heterocycles. The summed E-state index contributed by atoms with van der Waals surface area (Å²) >= 11 is 0. The van der Waals surface area contributed by atoms with Crippen LogP contribution in [0.4, 0.5) is 5.69 Å². The lowest BCUT2D eigenvalue weighted by atomic mass is 9.96. The predicted octanol–water partition coefficient (Wildman–Crippen LogP) is 4.01. The average molecular weight is 220 g/mol. The molecule has 2 atom stereocenters. The Morgan fingerprint density at radius 2 is 2.00 bits per heavy atom. The number of anilines is 1. The normalized spacial score (nSPS) is 38.9. The molecule has 0 spiro atoms. The van der Waals surface area contributed by atoms with Gasteiger partial charge >= 0.3 is 0 Å². The molecule has 0 radical (unpaired) electrons. The number of benzene rings is 1. The van der Waals surface area contributed by atoms with Crippen LogP contribution in [0.5, 0.6) is 0 Å². The zero-order valence-electron chi connectivity index (χ0n) is 13.8. The van der Waals surface area contributed by atoms with Gasteiger partial charge in [0.1, 0.15) is 0 Å². The first-order chi connectivity index (χ1) is 8.55. The Kier molecular flexibility index (Phi) is 1.94. The van der Waals surface area contributed by atoms with Gasteiger partial charge in [-0.15, -0.1) is 0 Å². The van der Waals surface area contributed by atoms with Crippen molar-refractivity contribution in [3.8, 4) is 0 Å². The molecule has 1 aliphatic rings. The molecular weight excluding hydrogens is 194 g/mol. The molecule has 1 aliphatic heterocycles. The highest BCUT2D eigenvalue weighted by molar-refractivity contribution is 5.57. The van der Waals surface area contributed by atoms with Crippen molar-refractivity contribution in [2.45, 2.75) is 52.6 Å². The topological polar surface area (TPSA) is 3.24 Å². The van der Waals surface area contributed by atoms with Crippen molar-refractivity contribution < 1.29 is 4.11 Å². The number of aryl methyl sites for hydroxylation is 1. The molecule has 1 aromatic rings. The van der Waals surface area contributed by atoms with E-state index < -0.39 is 17.8 Å². The smallest absolute Gasteiger partial charge is 0.0402 e. The minimum absolute atomic E-state index is 0.182. The summed E-state index contributed by atoms with van der Waals surface area (Å²) in [7, 11) is 0. The van der Waals surface area contributed by atoms with Crippen molar-refractivity contribution in [2.24, 2.45) is 5.89 Å². The molecule has 1 heterocycles. The third kappa shape index (κ3) is 1.73. The molecule has 0 N–H and O–H groups in total. The molecule has 1 heteroatoms. The first-order valence-corrected chi connectivity index (χ1v) is 5.90. The van der Waals surface area contributed by atoms with Gasteiger partial charge in [-0.2, -0.15) is 0 Å². The van der Waals surface area contributed by atoms with E-state index in [-0.39, 0.29) is 6.04 Å². The van der Waals surface area contributed by atoms with Gasteiger partial charge < -0.3 is 4.90 Å². The van der Waals surface area contributed by atoms with E-state index in [1.807, 2.05) is 52.0 Å². The predicted molar refractivity (Wildman–Crippen MR) is 71.0 cm³/mol. The minimum Gasteiger partial charge on any atom is -0.363 e. The van der Waals surface area contributed by atoms with Gasteiger partial charge in [-0.05, 0) is 51.6 Å². The monoisotopic (exact) mass is 220 g/mol. The molecule has 0 amide bonds. The maximum atomic E-state index is 8.48. The van der Waals surface area contributed by atoms with Crippen molar-refractivity contribution in [3.63, 3.8) is 0 Å². The van der Waals surface area contributed by atoms with Crippen molar-refractivity contribution in [1.29, 1.82) is 0 Å². The highest BCUT2D eigenvalue weighted by Gasteiger charge is 2.41. The van der Waals surface area contributed by atoms with Crippen LogP contribution in [-0.2, 0) is 0 Å². The largest absolute Gasteiger partial charge is 0.363 e. The molecule has 0 aromatic heterocycles. The highest BCUT2D eigenvalue weighted by atomic mass is 15.2. The summed E-state index contributed by atoms with van der Waals surface area (Å²) in [5.74, 6) is -1.14. The lowest BCUT2D eigenvalue weighted by Crippen LogP contribution is -2.42. The van der Waals surface area contributed by atoms with Gasteiger partial charge in [0.25, 0.3) is 0 Å². The zero-order chi connectivity index (χ0) is 14.6. The lowest BCUT2D eigenvalue weighted by molar-refractivity contribution is 0.487. The number of para-hydroxylation sites is 1. The molecule has 1 nitrogen and oxygen atoms in total. The van der Waals surface area contributed by atoms with Gasteiger partial charge in [0, 0.05) is 21.4 Å². The van der Waals surface area contributed by atoms with Crippen LogP contribution >= 0.6 is 0 Å². The summed E-state index contributed by atoms with van der Waals surface area (Å²) in [5, 5.41) is 0. The second kappa shape index (κ2) is 3.80. The maximum Gasteiger partial charge on any atom is 0.0402 e. The van der Waals surface area contributed by atoms with Gasteiger partial charge in [0.05, 0.1) is 0 Å². The first-order valence-electron chi connectivity index (χ1n) is 7.40. The summed E-state index contributed by atoms with van der Waals surface area (Å²) in [4.78, 5) is 2.08. The molecule has 0 aliphatic carbocycles. The van der Waals surface area contributed by atoms with Crippen LogP contribution in [0.3, 0.4) is 0 Å². The quantitative estimate of drug-likeness (QED) is 0.691. The van der Waals surface area contributed by atoms with Gasteiger partial charge in [0.2, 0.25) is 0 Å². The molecule has 0 bridgehead atoms. The van der Waals surface area contributed by atoms with Gasteiger partial charge in [-0.25, -0.2) is 0 Å². The molecule has 2 rings (SSSR count). The zero-order valence-corrected chi connectivity index (χ0v) is 10.8. The second-order valence-electron chi connectivity index (χ2n) is 5.20. The number of rotatable bonds is 1. The molecule has 0 saturated carbocycles. The summed E-state index contributed by atoms with van der Waals surface area (Å²) in [6.45, 7) is 9.49. The van der Waals surface area contributed by atoms with Crippen LogP contribution in [-0.4, -0.2) is 11.6 Å².